The number of nitrogens with one attached hydrogen (secondary N) is 1. The van der Waals surface area contributed by atoms with E-state index in [2.05, 4.69) is 31.1 Å². The van der Waals surface area contributed by atoms with Gasteiger partial charge in [0.2, 0.25) is 0 Å². The molecule has 0 bridgehead atoms. The number of nitrogens with zero attached hydrogens (tertiary/aromatic N) is 2. The number of pyridine rings is 1. The number of hydrogen-bond donors (Lipinski definition) is 1. The van der Waals surface area contributed by atoms with Gasteiger partial charge in [-0.3, -0.25) is 4.90 Å². The Kier molecular flexibility index (Phi) is 4.56. The number of rotatable bonds is 4. The van der Waals surface area contributed by atoms with Crippen molar-refractivity contribution in [3.05, 3.63) is 22.9 Å². The van der Waals surface area contributed by atoms with Crippen LogP contribution in [-0.2, 0) is 4.74 Å². The minimum absolute atomic E-state index is 0.862. The third-order valence-electron chi connectivity index (χ3n) is 2.59. The van der Waals surface area contributed by atoms with Gasteiger partial charge in [-0.25, -0.2) is 4.98 Å². The molecule has 0 unspecified atom stereocenters. The Hall–Kier alpha value is -0.650. The van der Waals surface area contributed by atoms with Crippen LogP contribution in [0.1, 0.15) is 0 Å². The van der Waals surface area contributed by atoms with Crippen molar-refractivity contribution in [3.8, 4) is 0 Å². The first-order chi connectivity index (χ1) is 7.84. The second-order valence-electron chi connectivity index (χ2n) is 3.75. The maximum Gasteiger partial charge on any atom is 0.108 e. The monoisotopic (exact) mass is 285 g/mol. The molecule has 2 rings (SSSR count). The predicted molar refractivity (Wildman–Crippen MR) is 67.7 cm³/mol. The van der Waals surface area contributed by atoms with Gasteiger partial charge in [0.05, 0.1) is 13.2 Å². The lowest BCUT2D eigenvalue weighted by molar-refractivity contribution is 0.0398. The van der Waals surface area contributed by atoms with Crippen LogP contribution in [0.15, 0.2) is 22.9 Å². The molecule has 0 saturated carbocycles. The van der Waals surface area contributed by atoms with Crippen LogP contribution in [0.5, 0.6) is 0 Å². The summed E-state index contributed by atoms with van der Waals surface area (Å²) in [6.07, 6.45) is 1.79. The SMILES string of the molecule is Brc1cc(NCCN2CCOCC2)ccn1. The summed E-state index contributed by atoms with van der Waals surface area (Å²) in [5.74, 6) is 0. The molecule has 0 aromatic carbocycles. The first-order valence-electron chi connectivity index (χ1n) is 5.50. The predicted octanol–water partition coefficient (Wildman–Crippen LogP) is 1.59. The molecule has 2 heterocycles. The van der Waals surface area contributed by atoms with E-state index in [-0.39, 0.29) is 0 Å². The van der Waals surface area contributed by atoms with E-state index in [1.54, 1.807) is 6.20 Å². The molecule has 1 N–H and O–H groups in total. The average Bonchev–Trinajstić information content (AvgIpc) is 2.30. The Labute approximate surface area is 104 Å². The summed E-state index contributed by atoms with van der Waals surface area (Å²) in [5.41, 5.74) is 1.11. The molecule has 1 aliphatic rings. The number of ether oxygens (including phenoxy) is 1. The zero-order chi connectivity index (χ0) is 11.2. The third kappa shape index (κ3) is 3.73. The Bertz CT molecular complexity index is 329. The zero-order valence-electron chi connectivity index (χ0n) is 9.16. The Morgan fingerprint density at radius 1 is 1.44 bits per heavy atom. The Balaban J connectivity index is 1.71. The van der Waals surface area contributed by atoms with E-state index in [0.29, 0.717) is 0 Å². The molecule has 1 fully saturated rings. The van der Waals surface area contributed by atoms with Crippen LogP contribution in [-0.4, -0.2) is 49.3 Å². The number of morpholine rings is 1. The molecule has 0 aliphatic carbocycles. The van der Waals surface area contributed by atoms with Gasteiger partial charge >= 0.3 is 0 Å². The van der Waals surface area contributed by atoms with Crippen molar-refractivity contribution in [1.82, 2.24) is 9.88 Å². The highest BCUT2D eigenvalue weighted by Crippen LogP contribution is 2.12. The highest BCUT2D eigenvalue weighted by atomic mass is 79.9. The van der Waals surface area contributed by atoms with Crippen molar-refractivity contribution < 1.29 is 4.74 Å². The zero-order valence-corrected chi connectivity index (χ0v) is 10.7. The van der Waals surface area contributed by atoms with Crippen molar-refractivity contribution >= 4 is 21.6 Å². The van der Waals surface area contributed by atoms with Crippen molar-refractivity contribution in [1.29, 1.82) is 0 Å². The normalized spacial score (nSPS) is 17.3. The van der Waals surface area contributed by atoms with Gasteiger partial charge in [0.1, 0.15) is 4.60 Å². The lowest BCUT2D eigenvalue weighted by Gasteiger charge is -2.26. The van der Waals surface area contributed by atoms with E-state index >= 15 is 0 Å². The Morgan fingerprint density at radius 2 is 2.25 bits per heavy atom. The lowest BCUT2D eigenvalue weighted by atomic mass is 10.4. The van der Waals surface area contributed by atoms with Crippen molar-refractivity contribution in [2.75, 3.05) is 44.7 Å². The van der Waals surface area contributed by atoms with Crippen molar-refractivity contribution in [2.24, 2.45) is 0 Å². The fourth-order valence-corrected chi connectivity index (χ4v) is 2.06. The molecule has 5 heteroatoms. The molecule has 0 amide bonds. The molecular weight excluding hydrogens is 270 g/mol. The average molecular weight is 286 g/mol. The topological polar surface area (TPSA) is 37.4 Å². The maximum absolute atomic E-state index is 5.30. The molecular formula is C11H16BrN3O. The summed E-state index contributed by atoms with van der Waals surface area (Å²) < 4.78 is 6.17. The molecule has 4 nitrogen and oxygen atoms in total. The van der Waals surface area contributed by atoms with E-state index in [1.807, 2.05) is 12.1 Å². The van der Waals surface area contributed by atoms with E-state index < -0.39 is 0 Å². The van der Waals surface area contributed by atoms with Gasteiger partial charge in [0.15, 0.2) is 0 Å². The summed E-state index contributed by atoms with van der Waals surface area (Å²) in [7, 11) is 0. The van der Waals surface area contributed by atoms with Crippen LogP contribution in [0.4, 0.5) is 5.69 Å². The van der Waals surface area contributed by atoms with Crippen LogP contribution >= 0.6 is 15.9 Å². The number of anilines is 1. The second kappa shape index (κ2) is 6.18. The minimum Gasteiger partial charge on any atom is -0.384 e. The highest BCUT2D eigenvalue weighted by Gasteiger charge is 2.08. The summed E-state index contributed by atoms with van der Waals surface area (Å²) in [5, 5.41) is 3.38. The van der Waals surface area contributed by atoms with Gasteiger partial charge in [-0.05, 0) is 28.1 Å². The standard InChI is InChI=1S/C11H16BrN3O/c12-11-9-10(1-2-14-11)13-3-4-15-5-7-16-8-6-15/h1-2,9H,3-8H2,(H,13,14). The molecule has 1 saturated heterocycles. The van der Waals surface area contributed by atoms with E-state index in [9.17, 15) is 0 Å². The van der Waals surface area contributed by atoms with Gasteiger partial charge in [-0.1, -0.05) is 0 Å². The molecule has 16 heavy (non-hydrogen) atoms. The van der Waals surface area contributed by atoms with E-state index in [0.717, 1.165) is 49.7 Å². The molecule has 1 aliphatic heterocycles. The fraction of sp³-hybridized carbons (Fsp3) is 0.545. The lowest BCUT2D eigenvalue weighted by Crippen LogP contribution is -2.39. The second-order valence-corrected chi connectivity index (χ2v) is 4.56. The summed E-state index contributed by atoms with van der Waals surface area (Å²) in [4.78, 5) is 6.50. The van der Waals surface area contributed by atoms with E-state index in [1.165, 1.54) is 0 Å². The van der Waals surface area contributed by atoms with Crippen molar-refractivity contribution in [2.45, 2.75) is 0 Å². The molecule has 1 aromatic heterocycles. The summed E-state index contributed by atoms with van der Waals surface area (Å²) in [6, 6.07) is 3.96. The summed E-state index contributed by atoms with van der Waals surface area (Å²) in [6.45, 7) is 5.82. The van der Waals surface area contributed by atoms with Crippen LogP contribution in [0.2, 0.25) is 0 Å². The van der Waals surface area contributed by atoms with Gasteiger partial charge in [-0.15, -0.1) is 0 Å². The van der Waals surface area contributed by atoms with Gasteiger partial charge < -0.3 is 10.1 Å². The molecule has 0 radical (unpaired) electrons. The highest BCUT2D eigenvalue weighted by molar-refractivity contribution is 9.10. The van der Waals surface area contributed by atoms with Crippen LogP contribution in [0.25, 0.3) is 0 Å². The van der Waals surface area contributed by atoms with Gasteiger partial charge in [-0.2, -0.15) is 0 Å². The molecule has 1 aromatic rings. The van der Waals surface area contributed by atoms with E-state index in [4.69, 9.17) is 4.74 Å². The third-order valence-corrected chi connectivity index (χ3v) is 3.02. The molecule has 0 atom stereocenters. The smallest absolute Gasteiger partial charge is 0.108 e. The maximum atomic E-state index is 5.30. The van der Waals surface area contributed by atoms with Crippen LogP contribution < -0.4 is 5.32 Å². The number of halogens is 1. The van der Waals surface area contributed by atoms with Gasteiger partial charge in [0, 0.05) is 38.1 Å². The Morgan fingerprint density at radius 3 is 3.00 bits per heavy atom. The quantitative estimate of drug-likeness (QED) is 0.853. The molecule has 0 spiro atoms. The van der Waals surface area contributed by atoms with Crippen LogP contribution in [0, 0.1) is 0 Å². The van der Waals surface area contributed by atoms with Crippen molar-refractivity contribution in [3.63, 3.8) is 0 Å². The number of aromatic nitrogens is 1. The first-order valence-corrected chi connectivity index (χ1v) is 6.29. The van der Waals surface area contributed by atoms with Gasteiger partial charge in [0.25, 0.3) is 0 Å². The van der Waals surface area contributed by atoms with Crippen LogP contribution in [0.3, 0.4) is 0 Å². The number of hydrogen-bond acceptors (Lipinski definition) is 4. The minimum atomic E-state index is 0.862. The summed E-state index contributed by atoms with van der Waals surface area (Å²) >= 11 is 3.35. The fourth-order valence-electron chi connectivity index (χ4n) is 1.70. The first kappa shape index (κ1) is 11.8. The largest absolute Gasteiger partial charge is 0.384 e. The molecule has 88 valence electrons.